The molecule has 2 aromatic rings. The number of aliphatic hydroxyl groups excluding tert-OH is 1. The van der Waals surface area contributed by atoms with E-state index in [1.807, 2.05) is 6.92 Å². The number of aliphatic hydroxyl groups is 1. The second-order valence-electron chi connectivity index (χ2n) is 4.45. The molecule has 0 bridgehead atoms. The van der Waals surface area contributed by atoms with Crippen molar-refractivity contribution >= 4 is 22.5 Å². The lowest BCUT2D eigenvalue weighted by Crippen LogP contribution is -2.13. The van der Waals surface area contributed by atoms with Crippen LogP contribution in [0.4, 0.5) is 11.4 Å². The van der Waals surface area contributed by atoms with Gasteiger partial charge in [0, 0.05) is 19.2 Å². The first-order valence-corrected chi connectivity index (χ1v) is 5.87. The summed E-state index contributed by atoms with van der Waals surface area (Å²) < 4.78 is 4.92. The Labute approximate surface area is 104 Å². The SMILES string of the molecule is CC(CCO)CNc1cc2[nH]c(=O)oc2cc1N. The van der Waals surface area contributed by atoms with Gasteiger partial charge in [-0.1, -0.05) is 6.92 Å². The number of aromatic amines is 1. The quantitative estimate of drug-likeness (QED) is 0.596. The van der Waals surface area contributed by atoms with Gasteiger partial charge in [-0.3, -0.25) is 4.98 Å². The fourth-order valence-electron chi connectivity index (χ4n) is 1.77. The van der Waals surface area contributed by atoms with Crippen LogP contribution < -0.4 is 16.8 Å². The van der Waals surface area contributed by atoms with Crippen LogP contribution in [0.3, 0.4) is 0 Å². The molecule has 98 valence electrons. The molecule has 6 nitrogen and oxygen atoms in total. The van der Waals surface area contributed by atoms with Crippen molar-refractivity contribution in [2.75, 3.05) is 24.2 Å². The van der Waals surface area contributed by atoms with E-state index in [9.17, 15) is 4.79 Å². The van der Waals surface area contributed by atoms with Gasteiger partial charge in [-0.25, -0.2) is 4.79 Å². The number of H-pyrrole nitrogens is 1. The number of nitrogens with two attached hydrogens (primary N) is 1. The number of anilines is 2. The average molecular weight is 251 g/mol. The van der Waals surface area contributed by atoms with Crippen LogP contribution in [0, 0.1) is 5.92 Å². The van der Waals surface area contributed by atoms with Gasteiger partial charge < -0.3 is 20.6 Å². The van der Waals surface area contributed by atoms with Crippen molar-refractivity contribution in [3.05, 3.63) is 22.7 Å². The monoisotopic (exact) mass is 251 g/mol. The van der Waals surface area contributed by atoms with E-state index in [0.717, 1.165) is 12.1 Å². The molecule has 1 unspecified atom stereocenters. The third-order valence-electron chi connectivity index (χ3n) is 2.85. The van der Waals surface area contributed by atoms with Gasteiger partial charge in [0.1, 0.15) is 0 Å². The molecular weight excluding hydrogens is 234 g/mol. The van der Waals surface area contributed by atoms with Crippen molar-refractivity contribution in [1.82, 2.24) is 4.98 Å². The van der Waals surface area contributed by atoms with Crippen LogP contribution in [0.2, 0.25) is 0 Å². The molecule has 1 atom stereocenters. The predicted molar refractivity (Wildman–Crippen MR) is 70.6 cm³/mol. The number of aromatic nitrogens is 1. The van der Waals surface area contributed by atoms with Crippen LogP contribution in [0.15, 0.2) is 21.3 Å². The van der Waals surface area contributed by atoms with Crippen LogP contribution >= 0.6 is 0 Å². The summed E-state index contributed by atoms with van der Waals surface area (Å²) in [6, 6.07) is 3.37. The second kappa shape index (κ2) is 5.14. The molecule has 0 aliphatic carbocycles. The van der Waals surface area contributed by atoms with Crippen molar-refractivity contribution in [3.8, 4) is 0 Å². The molecule has 18 heavy (non-hydrogen) atoms. The van der Waals surface area contributed by atoms with Crippen molar-refractivity contribution < 1.29 is 9.52 Å². The largest absolute Gasteiger partial charge is 0.417 e. The summed E-state index contributed by atoms with van der Waals surface area (Å²) in [5.74, 6) is -0.149. The summed E-state index contributed by atoms with van der Waals surface area (Å²) in [5, 5.41) is 12.0. The summed E-state index contributed by atoms with van der Waals surface area (Å²) in [6.07, 6.45) is 0.734. The van der Waals surface area contributed by atoms with Crippen molar-refractivity contribution in [2.24, 2.45) is 5.92 Å². The number of hydrogen-bond donors (Lipinski definition) is 4. The molecule has 0 saturated heterocycles. The van der Waals surface area contributed by atoms with E-state index in [0.29, 0.717) is 29.2 Å². The van der Waals surface area contributed by atoms with Gasteiger partial charge in [0.05, 0.1) is 16.9 Å². The van der Waals surface area contributed by atoms with E-state index in [2.05, 4.69) is 10.3 Å². The van der Waals surface area contributed by atoms with Crippen LogP contribution in [-0.2, 0) is 0 Å². The molecule has 1 aromatic carbocycles. The van der Waals surface area contributed by atoms with E-state index in [4.69, 9.17) is 15.3 Å². The summed E-state index contributed by atoms with van der Waals surface area (Å²) >= 11 is 0. The fraction of sp³-hybridized carbons (Fsp3) is 0.417. The van der Waals surface area contributed by atoms with Crippen molar-refractivity contribution in [2.45, 2.75) is 13.3 Å². The van der Waals surface area contributed by atoms with Gasteiger partial charge in [-0.2, -0.15) is 0 Å². The molecule has 2 rings (SSSR count). The topological polar surface area (TPSA) is 104 Å². The molecule has 6 heteroatoms. The minimum Gasteiger partial charge on any atom is -0.408 e. The van der Waals surface area contributed by atoms with Gasteiger partial charge >= 0.3 is 5.76 Å². The molecule has 0 amide bonds. The molecule has 0 aliphatic rings. The van der Waals surface area contributed by atoms with Crippen molar-refractivity contribution in [3.63, 3.8) is 0 Å². The normalized spacial score (nSPS) is 12.8. The highest BCUT2D eigenvalue weighted by Crippen LogP contribution is 2.24. The third-order valence-corrected chi connectivity index (χ3v) is 2.85. The average Bonchev–Trinajstić information content (AvgIpc) is 2.65. The highest BCUT2D eigenvalue weighted by Gasteiger charge is 2.08. The Morgan fingerprint density at radius 1 is 1.56 bits per heavy atom. The maximum absolute atomic E-state index is 11.1. The Bertz CT molecular complexity index is 588. The maximum atomic E-state index is 11.1. The van der Waals surface area contributed by atoms with Crippen LogP contribution in [0.5, 0.6) is 0 Å². The molecule has 0 radical (unpaired) electrons. The molecule has 1 heterocycles. The number of rotatable bonds is 5. The van der Waals surface area contributed by atoms with E-state index in [-0.39, 0.29) is 6.61 Å². The standard InChI is InChI=1S/C12H17N3O3/c1-7(2-3-16)6-14-9-5-10-11(4-8(9)13)18-12(17)15-10/h4-5,7,14,16H,2-3,6,13H2,1H3,(H,15,17). The zero-order valence-electron chi connectivity index (χ0n) is 10.2. The Hall–Kier alpha value is -1.95. The van der Waals surface area contributed by atoms with Gasteiger partial charge in [0.15, 0.2) is 5.58 Å². The number of fused-ring (bicyclic) bond motifs is 1. The Morgan fingerprint density at radius 3 is 3.06 bits per heavy atom. The lowest BCUT2D eigenvalue weighted by atomic mass is 10.1. The van der Waals surface area contributed by atoms with Crippen LogP contribution in [0.25, 0.3) is 11.1 Å². The first-order chi connectivity index (χ1) is 8.60. The van der Waals surface area contributed by atoms with Gasteiger partial charge in [0.25, 0.3) is 0 Å². The molecule has 0 spiro atoms. The smallest absolute Gasteiger partial charge is 0.408 e. The third kappa shape index (κ3) is 2.65. The Balaban J connectivity index is 2.17. The summed E-state index contributed by atoms with van der Waals surface area (Å²) in [4.78, 5) is 13.6. The van der Waals surface area contributed by atoms with E-state index >= 15 is 0 Å². The number of benzene rings is 1. The lowest BCUT2D eigenvalue weighted by molar-refractivity contribution is 0.266. The minimum atomic E-state index is -0.491. The number of nitrogen functional groups attached to an aromatic ring is 1. The fourth-order valence-corrected chi connectivity index (χ4v) is 1.77. The molecule has 0 aliphatic heterocycles. The zero-order valence-corrected chi connectivity index (χ0v) is 10.2. The maximum Gasteiger partial charge on any atom is 0.417 e. The highest BCUT2D eigenvalue weighted by molar-refractivity contribution is 5.85. The van der Waals surface area contributed by atoms with Gasteiger partial charge in [-0.05, 0) is 18.4 Å². The first-order valence-electron chi connectivity index (χ1n) is 5.87. The molecule has 5 N–H and O–H groups in total. The summed E-state index contributed by atoms with van der Waals surface area (Å²) in [7, 11) is 0. The zero-order chi connectivity index (χ0) is 13.1. The summed E-state index contributed by atoms with van der Waals surface area (Å²) in [6.45, 7) is 2.92. The minimum absolute atomic E-state index is 0.173. The molecule has 1 aromatic heterocycles. The molecular formula is C12H17N3O3. The Morgan fingerprint density at radius 2 is 2.33 bits per heavy atom. The van der Waals surface area contributed by atoms with E-state index in [1.165, 1.54) is 0 Å². The number of hydrogen-bond acceptors (Lipinski definition) is 5. The van der Waals surface area contributed by atoms with Crippen LogP contribution in [-0.4, -0.2) is 23.2 Å². The summed E-state index contributed by atoms with van der Waals surface area (Å²) in [5.41, 5.74) is 8.22. The van der Waals surface area contributed by atoms with Gasteiger partial charge in [-0.15, -0.1) is 0 Å². The first kappa shape index (κ1) is 12.5. The molecule has 0 fully saturated rings. The number of nitrogens with one attached hydrogen (secondary N) is 2. The highest BCUT2D eigenvalue weighted by atomic mass is 16.4. The predicted octanol–water partition coefficient (Wildman–Crippen LogP) is 1.13. The second-order valence-corrected chi connectivity index (χ2v) is 4.45. The molecule has 0 saturated carbocycles. The van der Waals surface area contributed by atoms with E-state index in [1.54, 1.807) is 12.1 Å². The number of oxazole rings is 1. The van der Waals surface area contributed by atoms with Crippen LogP contribution in [0.1, 0.15) is 13.3 Å². The van der Waals surface area contributed by atoms with E-state index < -0.39 is 5.76 Å². The van der Waals surface area contributed by atoms with Gasteiger partial charge in [0.2, 0.25) is 0 Å². The lowest BCUT2D eigenvalue weighted by Gasteiger charge is -2.13. The Kier molecular flexibility index (Phi) is 3.57. The van der Waals surface area contributed by atoms with Crippen molar-refractivity contribution in [1.29, 1.82) is 0 Å².